The Labute approximate surface area is 92.8 Å². The minimum Gasteiger partial charge on any atom is -0.363 e. The molecule has 0 amide bonds. The van der Waals surface area contributed by atoms with E-state index in [1.54, 1.807) is 0 Å². The second-order valence-electron chi connectivity index (χ2n) is 3.64. The number of pyridine rings is 1. The van der Waals surface area contributed by atoms with Crippen molar-refractivity contribution in [3.63, 3.8) is 0 Å². The molecule has 17 heavy (non-hydrogen) atoms. The lowest BCUT2D eigenvalue weighted by atomic mass is 10.1. The molecule has 0 radical (unpaired) electrons. The van der Waals surface area contributed by atoms with Crippen LogP contribution in [0.3, 0.4) is 0 Å². The van der Waals surface area contributed by atoms with Gasteiger partial charge in [0.05, 0.1) is 5.39 Å². The van der Waals surface area contributed by atoms with Crippen LogP contribution >= 0.6 is 0 Å². The molecule has 86 valence electrons. The van der Waals surface area contributed by atoms with Crippen molar-refractivity contribution in [2.45, 2.75) is 6.43 Å². The van der Waals surface area contributed by atoms with Gasteiger partial charge in [0, 0.05) is 16.5 Å². The fraction of sp³-hybridized carbons (Fsp3) is 0.0909. The number of benzene rings is 1. The van der Waals surface area contributed by atoms with E-state index in [2.05, 4.69) is 10.1 Å². The first-order valence-corrected chi connectivity index (χ1v) is 4.85. The van der Waals surface area contributed by atoms with Crippen LogP contribution in [0.1, 0.15) is 12.0 Å². The van der Waals surface area contributed by atoms with Crippen LogP contribution in [0, 0.1) is 0 Å². The third-order valence-electron chi connectivity index (χ3n) is 2.62. The second-order valence-corrected chi connectivity index (χ2v) is 3.64. The predicted octanol–water partition coefficient (Wildman–Crippen LogP) is 2.61. The summed E-state index contributed by atoms with van der Waals surface area (Å²) in [5.74, 6) is 0. The molecular formula is C11H6F2N2O2. The molecule has 0 aliphatic carbocycles. The van der Waals surface area contributed by atoms with E-state index in [1.165, 1.54) is 24.5 Å². The first kappa shape index (κ1) is 9.95. The summed E-state index contributed by atoms with van der Waals surface area (Å²) in [4.78, 5) is 14.1. The molecule has 3 aromatic rings. The molecule has 0 bridgehead atoms. The normalized spacial score (nSPS) is 11.7. The topological polar surface area (TPSA) is 58.9 Å². The van der Waals surface area contributed by atoms with Gasteiger partial charge in [-0.25, -0.2) is 8.78 Å². The Morgan fingerprint density at radius 1 is 1.29 bits per heavy atom. The van der Waals surface area contributed by atoms with Crippen molar-refractivity contribution in [3.05, 3.63) is 40.4 Å². The Balaban J connectivity index is 2.49. The quantitative estimate of drug-likeness (QED) is 0.706. The van der Waals surface area contributed by atoms with E-state index in [1.807, 2.05) is 0 Å². The predicted molar refractivity (Wildman–Crippen MR) is 57.1 cm³/mol. The van der Waals surface area contributed by atoms with Gasteiger partial charge in [-0.05, 0) is 12.1 Å². The van der Waals surface area contributed by atoms with E-state index in [9.17, 15) is 13.6 Å². The molecular weight excluding hydrogens is 230 g/mol. The fourth-order valence-corrected chi connectivity index (χ4v) is 1.80. The molecule has 2 heterocycles. The molecule has 0 saturated carbocycles. The summed E-state index contributed by atoms with van der Waals surface area (Å²) >= 11 is 0. The number of nitrogens with zero attached hydrogens (tertiary/aromatic N) is 1. The smallest absolute Gasteiger partial charge is 0.278 e. The second kappa shape index (κ2) is 3.38. The maximum absolute atomic E-state index is 12.6. The summed E-state index contributed by atoms with van der Waals surface area (Å²) in [6, 6.07) is 4.06. The highest BCUT2D eigenvalue weighted by Gasteiger charge is 2.12. The summed E-state index contributed by atoms with van der Waals surface area (Å²) in [7, 11) is 0. The summed E-state index contributed by atoms with van der Waals surface area (Å²) in [5, 5.41) is 4.47. The molecule has 0 spiro atoms. The van der Waals surface area contributed by atoms with E-state index in [0.29, 0.717) is 16.3 Å². The summed E-state index contributed by atoms with van der Waals surface area (Å²) in [5.41, 5.74) is 0.0945. The third kappa shape index (κ3) is 1.41. The Morgan fingerprint density at radius 2 is 2.12 bits per heavy atom. The van der Waals surface area contributed by atoms with E-state index in [0.717, 1.165) is 0 Å². The lowest BCUT2D eigenvalue weighted by Crippen LogP contribution is -2.06. The molecule has 0 unspecified atom stereocenters. The monoisotopic (exact) mass is 236 g/mol. The number of fused-ring (bicyclic) bond motifs is 3. The van der Waals surface area contributed by atoms with Gasteiger partial charge in [-0.2, -0.15) is 0 Å². The number of rotatable bonds is 1. The highest BCUT2D eigenvalue weighted by molar-refractivity contribution is 6.03. The van der Waals surface area contributed by atoms with E-state index in [4.69, 9.17) is 4.52 Å². The number of aromatic nitrogens is 2. The maximum Gasteiger partial charge on any atom is 0.278 e. The van der Waals surface area contributed by atoms with Crippen LogP contribution in [0.2, 0.25) is 0 Å². The number of hydrogen-bond donors (Lipinski definition) is 1. The molecule has 1 N–H and O–H groups in total. The van der Waals surface area contributed by atoms with Crippen LogP contribution in [-0.4, -0.2) is 10.1 Å². The molecule has 2 aromatic heterocycles. The molecule has 4 nitrogen and oxygen atoms in total. The Kier molecular flexibility index (Phi) is 1.98. The molecule has 0 aliphatic heterocycles. The van der Waals surface area contributed by atoms with Gasteiger partial charge in [0.15, 0.2) is 5.52 Å². The van der Waals surface area contributed by atoms with Crippen LogP contribution in [0.15, 0.2) is 33.8 Å². The zero-order valence-corrected chi connectivity index (χ0v) is 8.41. The van der Waals surface area contributed by atoms with Gasteiger partial charge < -0.3 is 9.51 Å². The van der Waals surface area contributed by atoms with Crippen LogP contribution in [0.4, 0.5) is 8.78 Å². The van der Waals surface area contributed by atoms with Gasteiger partial charge >= 0.3 is 0 Å². The van der Waals surface area contributed by atoms with Gasteiger partial charge in [-0.15, -0.1) is 0 Å². The van der Waals surface area contributed by atoms with Crippen molar-refractivity contribution < 1.29 is 13.3 Å². The molecule has 3 rings (SSSR count). The van der Waals surface area contributed by atoms with Crippen molar-refractivity contribution in [2.75, 3.05) is 0 Å². The van der Waals surface area contributed by atoms with Crippen LogP contribution in [-0.2, 0) is 0 Å². The van der Waals surface area contributed by atoms with Crippen molar-refractivity contribution in [3.8, 4) is 0 Å². The van der Waals surface area contributed by atoms with Crippen molar-refractivity contribution in [1.29, 1.82) is 0 Å². The number of aromatic amines is 1. The van der Waals surface area contributed by atoms with Crippen molar-refractivity contribution in [2.24, 2.45) is 0 Å². The van der Waals surface area contributed by atoms with Gasteiger partial charge in [0.2, 0.25) is 0 Å². The van der Waals surface area contributed by atoms with Crippen molar-refractivity contribution >= 4 is 21.8 Å². The summed E-state index contributed by atoms with van der Waals surface area (Å²) in [6.07, 6.45) is -1.27. The first-order chi connectivity index (χ1) is 8.16. The number of hydrogen-bond acceptors (Lipinski definition) is 3. The number of nitrogens with one attached hydrogen (secondary N) is 1. The van der Waals surface area contributed by atoms with Gasteiger partial charge in [-0.3, -0.25) is 4.79 Å². The highest BCUT2D eigenvalue weighted by atomic mass is 19.3. The molecule has 0 atom stereocenters. The van der Waals surface area contributed by atoms with Crippen molar-refractivity contribution in [1.82, 2.24) is 10.1 Å². The summed E-state index contributed by atoms with van der Waals surface area (Å²) < 4.78 is 29.9. The Hall–Kier alpha value is -2.24. The average Bonchev–Trinajstić information content (AvgIpc) is 2.78. The largest absolute Gasteiger partial charge is 0.363 e. The van der Waals surface area contributed by atoms with E-state index >= 15 is 0 Å². The minimum absolute atomic E-state index is 0.105. The average molecular weight is 236 g/mol. The fourth-order valence-electron chi connectivity index (χ4n) is 1.80. The zero-order valence-electron chi connectivity index (χ0n) is 8.41. The lowest BCUT2D eigenvalue weighted by Gasteiger charge is -2.02. The maximum atomic E-state index is 12.6. The molecule has 0 aliphatic rings. The highest BCUT2D eigenvalue weighted by Crippen LogP contribution is 2.26. The lowest BCUT2D eigenvalue weighted by molar-refractivity contribution is 0.151. The number of halogens is 2. The van der Waals surface area contributed by atoms with E-state index in [-0.39, 0.29) is 11.1 Å². The molecule has 0 saturated heterocycles. The third-order valence-corrected chi connectivity index (χ3v) is 2.62. The number of H-pyrrole nitrogens is 1. The number of alkyl halides is 2. The zero-order chi connectivity index (χ0) is 12.0. The van der Waals surface area contributed by atoms with Gasteiger partial charge in [0.1, 0.15) is 6.26 Å². The Morgan fingerprint density at radius 3 is 2.88 bits per heavy atom. The summed E-state index contributed by atoms with van der Waals surface area (Å²) in [6.45, 7) is 0. The minimum atomic E-state index is -2.55. The SMILES string of the molecule is O=c1[nH]c2ccc(C(F)F)cc2c2conc12. The van der Waals surface area contributed by atoms with Gasteiger partial charge in [0.25, 0.3) is 12.0 Å². The first-order valence-electron chi connectivity index (χ1n) is 4.85. The van der Waals surface area contributed by atoms with Crippen LogP contribution in [0.25, 0.3) is 21.8 Å². The standard InChI is InChI=1S/C11H6F2N2O2/c12-10(13)5-1-2-8-6(3-5)7-4-17-15-9(7)11(16)14-8/h1-4,10H,(H,14,16). The molecule has 6 heteroatoms. The molecule has 1 aromatic carbocycles. The van der Waals surface area contributed by atoms with E-state index < -0.39 is 12.0 Å². The van der Waals surface area contributed by atoms with Crippen LogP contribution in [0.5, 0.6) is 0 Å². The Bertz CT molecular complexity index is 761. The molecule has 0 fully saturated rings. The van der Waals surface area contributed by atoms with Crippen LogP contribution < -0.4 is 5.56 Å². The van der Waals surface area contributed by atoms with Gasteiger partial charge in [-0.1, -0.05) is 11.2 Å².